The van der Waals surface area contributed by atoms with E-state index in [4.69, 9.17) is 0 Å². The van der Waals surface area contributed by atoms with Gasteiger partial charge in [0.1, 0.15) is 5.75 Å². The number of ether oxygens (including phenoxy) is 1. The molecule has 1 aromatic heterocycles. The Kier molecular flexibility index (Phi) is 5.43. The van der Waals surface area contributed by atoms with Gasteiger partial charge in [0.25, 0.3) is 0 Å². The first kappa shape index (κ1) is 14.9. The molecule has 0 radical (unpaired) electrons. The molecule has 2 rings (SSSR count). The van der Waals surface area contributed by atoms with Gasteiger partial charge in [0, 0.05) is 29.7 Å². The molecule has 1 N–H and O–H groups in total. The topological polar surface area (TPSA) is 34.2 Å². The molecule has 0 saturated carbocycles. The van der Waals surface area contributed by atoms with Crippen LogP contribution < -0.4 is 10.1 Å². The van der Waals surface area contributed by atoms with Gasteiger partial charge in [-0.1, -0.05) is 25.1 Å². The molecule has 0 aliphatic heterocycles. The summed E-state index contributed by atoms with van der Waals surface area (Å²) in [6.07, 6.45) is 2.77. The van der Waals surface area contributed by atoms with Gasteiger partial charge in [0.05, 0.1) is 5.01 Å². The molecule has 20 heavy (non-hydrogen) atoms. The average Bonchev–Trinajstić information content (AvgIpc) is 2.88. The third-order valence-electron chi connectivity index (χ3n) is 2.71. The van der Waals surface area contributed by atoms with E-state index in [2.05, 4.69) is 22.0 Å². The van der Waals surface area contributed by atoms with Gasteiger partial charge in [-0.3, -0.25) is 0 Å². The molecule has 0 bridgehead atoms. The van der Waals surface area contributed by atoms with E-state index in [1.165, 1.54) is 0 Å². The van der Waals surface area contributed by atoms with Gasteiger partial charge in [0.2, 0.25) is 0 Å². The van der Waals surface area contributed by atoms with Crippen molar-refractivity contribution in [1.82, 2.24) is 10.3 Å². The van der Waals surface area contributed by atoms with E-state index in [-0.39, 0.29) is 5.75 Å². The molecule has 2 aromatic rings. The van der Waals surface area contributed by atoms with Gasteiger partial charge in [0.15, 0.2) is 0 Å². The van der Waals surface area contributed by atoms with Crippen LogP contribution in [-0.4, -0.2) is 11.6 Å². The zero-order valence-electron chi connectivity index (χ0n) is 11.1. The van der Waals surface area contributed by atoms with Gasteiger partial charge in [-0.25, -0.2) is 4.98 Å². The van der Waals surface area contributed by atoms with Crippen LogP contribution in [0.5, 0.6) is 5.75 Å². The lowest BCUT2D eigenvalue weighted by atomic mass is 10.2. The SMILES string of the molecule is CCc1ncc(CNCc2ccccc2OC(F)F)s1. The lowest BCUT2D eigenvalue weighted by Gasteiger charge is -2.10. The third kappa shape index (κ3) is 4.25. The second-order valence-electron chi connectivity index (χ2n) is 4.16. The summed E-state index contributed by atoms with van der Waals surface area (Å²) >= 11 is 1.66. The van der Waals surface area contributed by atoms with Gasteiger partial charge in [-0.15, -0.1) is 11.3 Å². The second kappa shape index (κ2) is 7.31. The van der Waals surface area contributed by atoms with E-state index in [1.807, 2.05) is 6.20 Å². The number of aryl methyl sites for hydroxylation is 1. The van der Waals surface area contributed by atoms with Crippen molar-refractivity contribution in [3.8, 4) is 5.75 Å². The van der Waals surface area contributed by atoms with Crippen LogP contribution in [0.15, 0.2) is 30.5 Å². The molecule has 1 aromatic carbocycles. The number of nitrogens with zero attached hydrogens (tertiary/aromatic N) is 1. The van der Waals surface area contributed by atoms with Crippen molar-refractivity contribution in [2.75, 3.05) is 0 Å². The Morgan fingerprint density at radius 2 is 2.10 bits per heavy atom. The minimum Gasteiger partial charge on any atom is -0.434 e. The van der Waals surface area contributed by atoms with Crippen molar-refractivity contribution < 1.29 is 13.5 Å². The van der Waals surface area contributed by atoms with E-state index in [9.17, 15) is 8.78 Å². The predicted octanol–water partition coefficient (Wildman–Crippen LogP) is 3.60. The van der Waals surface area contributed by atoms with Crippen LogP contribution in [0, 0.1) is 0 Å². The zero-order chi connectivity index (χ0) is 14.4. The van der Waals surface area contributed by atoms with Gasteiger partial charge >= 0.3 is 6.61 Å². The molecule has 108 valence electrons. The van der Waals surface area contributed by atoms with E-state index >= 15 is 0 Å². The normalized spacial score (nSPS) is 11.0. The Hall–Kier alpha value is -1.53. The second-order valence-corrected chi connectivity index (χ2v) is 5.36. The van der Waals surface area contributed by atoms with E-state index in [0.29, 0.717) is 18.7 Å². The Labute approximate surface area is 120 Å². The number of benzene rings is 1. The fourth-order valence-electron chi connectivity index (χ4n) is 1.77. The summed E-state index contributed by atoms with van der Waals surface area (Å²) in [6, 6.07) is 6.80. The van der Waals surface area contributed by atoms with Crippen molar-refractivity contribution in [3.63, 3.8) is 0 Å². The summed E-state index contributed by atoms with van der Waals surface area (Å²) in [5.74, 6) is 0.216. The molecule has 0 atom stereocenters. The number of rotatable bonds is 7. The van der Waals surface area contributed by atoms with Gasteiger partial charge in [-0.05, 0) is 12.5 Å². The maximum absolute atomic E-state index is 12.3. The van der Waals surface area contributed by atoms with Crippen molar-refractivity contribution >= 4 is 11.3 Å². The third-order valence-corrected chi connectivity index (χ3v) is 3.85. The molecule has 3 nitrogen and oxygen atoms in total. The number of aromatic nitrogens is 1. The lowest BCUT2D eigenvalue weighted by Crippen LogP contribution is -2.13. The molecule has 0 spiro atoms. The molecule has 0 amide bonds. The van der Waals surface area contributed by atoms with Crippen LogP contribution in [0.3, 0.4) is 0 Å². The van der Waals surface area contributed by atoms with Crippen LogP contribution in [-0.2, 0) is 19.5 Å². The summed E-state index contributed by atoms with van der Waals surface area (Å²) in [7, 11) is 0. The molecule has 0 unspecified atom stereocenters. The highest BCUT2D eigenvalue weighted by molar-refractivity contribution is 7.11. The maximum atomic E-state index is 12.3. The number of hydrogen-bond acceptors (Lipinski definition) is 4. The Morgan fingerprint density at radius 1 is 1.30 bits per heavy atom. The van der Waals surface area contributed by atoms with E-state index < -0.39 is 6.61 Å². The summed E-state index contributed by atoms with van der Waals surface area (Å²) in [5, 5.41) is 4.31. The largest absolute Gasteiger partial charge is 0.434 e. The minimum atomic E-state index is -2.80. The van der Waals surface area contributed by atoms with Crippen LogP contribution in [0.1, 0.15) is 22.4 Å². The summed E-state index contributed by atoms with van der Waals surface area (Å²) in [4.78, 5) is 5.41. The van der Waals surface area contributed by atoms with Crippen molar-refractivity contribution in [3.05, 3.63) is 45.9 Å². The van der Waals surface area contributed by atoms with Crippen LogP contribution in [0.25, 0.3) is 0 Å². The fraction of sp³-hybridized carbons (Fsp3) is 0.357. The molecule has 0 aliphatic carbocycles. The molecule has 1 heterocycles. The number of thiazole rings is 1. The number of para-hydroxylation sites is 1. The summed E-state index contributed by atoms with van der Waals surface area (Å²) in [6.45, 7) is 0.404. The molecular formula is C14H16F2N2OS. The van der Waals surface area contributed by atoms with Crippen LogP contribution in [0.2, 0.25) is 0 Å². The average molecular weight is 298 g/mol. The van der Waals surface area contributed by atoms with Crippen LogP contribution >= 0.6 is 11.3 Å². The standard InChI is InChI=1S/C14H16F2N2OS/c1-2-13-18-9-11(20-13)8-17-7-10-5-3-4-6-12(10)19-14(15)16/h3-6,9,14,17H,2,7-8H2,1H3. The smallest absolute Gasteiger partial charge is 0.387 e. The molecule has 6 heteroatoms. The monoisotopic (exact) mass is 298 g/mol. The van der Waals surface area contributed by atoms with E-state index in [0.717, 1.165) is 16.3 Å². The lowest BCUT2D eigenvalue weighted by molar-refractivity contribution is -0.0505. The number of halogens is 2. The van der Waals surface area contributed by atoms with Crippen molar-refractivity contribution in [1.29, 1.82) is 0 Å². The van der Waals surface area contributed by atoms with Crippen molar-refractivity contribution in [2.24, 2.45) is 0 Å². The zero-order valence-corrected chi connectivity index (χ0v) is 11.9. The number of alkyl halides is 2. The number of nitrogens with one attached hydrogen (secondary N) is 1. The quantitative estimate of drug-likeness (QED) is 0.848. The maximum Gasteiger partial charge on any atom is 0.387 e. The van der Waals surface area contributed by atoms with Crippen molar-refractivity contribution in [2.45, 2.75) is 33.0 Å². The highest BCUT2D eigenvalue weighted by Crippen LogP contribution is 2.20. The van der Waals surface area contributed by atoms with Gasteiger partial charge in [-0.2, -0.15) is 8.78 Å². The number of hydrogen-bond donors (Lipinski definition) is 1. The Balaban J connectivity index is 1.90. The Morgan fingerprint density at radius 3 is 2.80 bits per heavy atom. The molecule has 0 aliphatic rings. The molecular weight excluding hydrogens is 282 g/mol. The Bertz CT molecular complexity index is 545. The minimum absolute atomic E-state index is 0.216. The first-order valence-electron chi connectivity index (χ1n) is 6.36. The predicted molar refractivity (Wildman–Crippen MR) is 75.1 cm³/mol. The first-order valence-corrected chi connectivity index (χ1v) is 7.17. The van der Waals surface area contributed by atoms with Crippen LogP contribution in [0.4, 0.5) is 8.78 Å². The summed E-state index contributed by atoms with van der Waals surface area (Å²) < 4.78 is 29.0. The molecule has 0 saturated heterocycles. The molecule has 0 fully saturated rings. The summed E-state index contributed by atoms with van der Waals surface area (Å²) in [5.41, 5.74) is 0.716. The highest BCUT2D eigenvalue weighted by Gasteiger charge is 2.08. The first-order chi connectivity index (χ1) is 9.69. The fourth-order valence-corrected chi connectivity index (χ4v) is 2.61. The van der Waals surface area contributed by atoms with Gasteiger partial charge < -0.3 is 10.1 Å². The van der Waals surface area contributed by atoms with E-state index in [1.54, 1.807) is 35.6 Å². The highest BCUT2D eigenvalue weighted by atomic mass is 32.1.